The van der Waals surface area contributed by atoms with Crippen LogP contribution in [0.3, 0.4) is 0 Å². The number of nitrogens with two attached hydrogens (primary N) is 1. The molecule has 0 fully saturated rings. The summed E-state index contributed by atoms with van der Waals surface area (Å²) >= 11 is 5.75. The lowest BCUT2D eigenvalue weighted by Crippen LogP contribution is -2.18. The van der Waals surface area contributed by atoms with Crippen molar-refractivity contribution in [1.29, 1.82) is 0 Å². The second-order valence-corrected chi connectivity index (χ2v) is 5.38. The van der Waals surface area contributed by atoms with Crippen molar-refractivity contribution in [2.75, 3.05) is 0 Å². The molecule has 106 valence electrons. The van der Waals surface area contributed by atoms with Crippen LogP contribution in [0.4, 0.5) is 4.39 Å². The Morgan fingerprint density at radius 1 is 1.25 bits per heavy atom. The van der Waals surface area contributed by atoms with E-state index in [9.17, 15) is 4.39 Å². The molecule has 0 aromatic heterocycles. The number of aryl methyl sites for hydroxylation is 1. The van der Waals surface area contributed by atoms with Crippen LogP contribution in [0.5, 0.6) is 11.5 Å². The first-order chi connectivity index (χ1) is 9.45. The Morgan fingerprint density at radius 2 is 2.00 bits per heavy atom. The number of hydrogen-bond acceptors (Lipinski definition) is 2. The molecule has 2 rings (SSSR count). The van der Waals surface area contributed by atoms with Crippen molar-refractivity contribution in [3.63, 3.8) is 0 Å². The van der Waals surface area contributed by atoms with Gasteiger partial charge in [0.1, 0.15) is 17.3 Å². The first kappa shape index (κ1) is 14.8. The molecule has 20 heavy (non-hydrogen) atoms. The largest absolute Gasteiger partial charge is 0.457 e. The van der Waals surface area contributed by atoms with E-state index in [1.807, 2.05) is 32.0 Å². The molecule has 1 atom stereocenters. The Kier molecular flexibility index (Phi) is 4.63. The van der Waals surface area contributed by atoms with Crippen molar-refractivity contribution in [1.82, 2.24) is 0 Å². The highest BCUT2D eigenvalue weighted by atomic mass is 35.5. The van der Waals surface area contributed by atoms with Gasteiger partial charge in [0.15, 0.2) is 0 Å². The van der Waals surface area contributed by atoms with Crippen LogP contribution in [0, 0.1) is 12.7 Å². The molecule has 0 bridgehead atoms. The number of ether oxygens (including phenoxy) is 1. The summed E-state index contributed by atoms with van der Waals surface area (Å²) in [4.78, 5) is 0. The second-order valence-electron chi connectivity index (χ2n) is 4.97. The van der Waals surface area contributed by atoms with Crippen LogP contribution in [-0.2, 0) is 6.42 Å². The summed E-state index contributed by atoms with van der Waals surface area (Å²) in [7, 11) is 0. The minimum atomic E-state index is -0.460. The molecular formula is C16H17ClFNO. The third-order valence-corrected chi connectivity index (χ3v) is 3.17. The van der Waals surface area contributed by atoms with Gasteiger partial charge in [0.05, 0.1) is 5.02 Å². The van der Waals surface area contributed by atoms with E-state index >= 15 is 0 Å². The summed E-state index contributed by atoms with van der Waals surface area (Å²) in [6, 6.07) is 10.2. The van der Waals surface area contributed by atoms with Crippen molar-refractivity contribution in [2.24, 2.45) is 5.73 Å². The van der Waals surface area contributed by atoms with Gasteiger partial charge in [-0.05, 0) is 44.0 Å². The van der Waals surface area contributed by atoms with E-state index in [2.05, 4.69) is 0 Å². The Hall–Kier alpha value is -1.58. The van der Waals surface area contributed by atoms with E-state index in [0.29, 0.717) is 12.2 Å². The molecule has 0 saturated heterocycles. The van der Waals surface area contributed by atoms with Crippen LogP contribution in [-0.4, -0.2) is 6.04 Å². The molecule has 1 unspecified atom stereocenters. The Balaban J connectivity index is 2.30. The first-order valence-corrected chi connectivity index (χ1v) is 6.81. The molecule has 0 spiro atoms. The lowest BCUT2D eigenvalue weighted by atomic mass is 10.0. The topological polar surface area (TPSA) is 35.2 Å². The predicted octanol–water partition coefficient (Wildman–Crippen LogP) is 4.47. The molecule has 2 aromatic rings. The van der Waals surface area contributed by atoms with Gasteiger partial charge < -0.3 is 10.5 Å². The predicted molar refractivity (Wildman–Crippen MR) is 80.0 cm³/mol. The van der Waals surface area contributed by atoms with Gasteiger partial charge in [0.2, 0.25) is 0 Å². The average molecular weight is 294 g/mol. The van der Waals surface area contributed by atoms with Crippen molar-refractivity contribution in [3.05, 3.63) is 58.4 Å². The van der Waals surface area contributed by atoms with Gasteiger partial charge in [-0.2, -0.15) is 0 Å². The lowest BCUT2D eigenvalue weighted by Gasteiger charge is -2.14. The van der Waals surface area contributed by atoms with Crippen LogP contribution in [0.1, 0.15) is 18.1 Å². The highest BCUT2D eigenvalue weighted by Crippen LogP contribution is 2.29. The summed E-state index contributed by atoms with van der Waals surface area (Å²) in [5.41, 5.74) is 8.03. The summed E-state index contributed by atoms with van der Waals surface area (Å²) < 4.78 is 18.9. The minimum Gasteiger partial charge on any atom is -0.457 e. The van der Waals surface area contributed by atoms with Gasteiger partial charge in [-0.3, -0.25) is 0 Å². The zero-order valence-electron chi connectivity index (χ0n) is 11.5. The van der Waals surface area contributed by atoms with Gasteiger partial charge in [-0.15, -0.1) is 0 Å². The zero-order chi connectivity index (χ0) is 14.7. The number of hydrogen-bond donors (Lipinski definition) is 1. The molecule has 2 N–H and O–H groups in total. The van der Waals surface area contributed by atoms with E-state index in [4.69, 9.17) is 22.1 Å². The van der Waals surface area contributed by atoms with Crippen LogP contribution in [0.2, 0.25) is 5.02 Å². The van der Waals surface area contributed by atoms with E-state index in [-0.39, 0.29) is 11.1 Å². The molecule has 0 saturated carbocycles. The van der Waals surface area contributed by atoms with Gasteiger partial charge in [0, 0.05) is 12.1 Å². The molecule has 2 aromatic carbocycles. The van der Waals surface area contributed by atoms with E-state index in [0.717, 1.165) is 16.9 Å². The molecule has 4 heteroatoms. The average Bonchev–Trinajstić information content (AvgIpc) is 2.36. The quantitative estimate of drug-likeness (QED) is 0.902. The van der Waals surface area contributed by atoms with E-state index in [1.165, 1.54) is 12.1 Å². The monoisotopic (exact) mass is 293 g/mol. The molecule has 0 aliphatic rings. The van der Waals surface area contributed by atoms with Gasteiger partial charge in [-0.1, -0.05) is 29.3 Å². The smallest absolute Gasteiger partial charge is 0.142 e. The van der Waals surface area contributed by atoms with Crippen molar-refractivity contribution in [3.8, 4) is 11.5 Å². The summed E-state index contributed by atoms with van der Waals surface area (Å²) in [6.45, 7) is 3.96. The van der Waals surface area contributed by atoms with Gasteiger partial charge >= 0.3 is 0 Å². The van der Waals surface area contributed by atoms with Crippen LogP contribution in [0.15, 0.2) is 36.4 Å². The molecular weight excluding hydrogens is 277 g/mol. The van der Waals surface area contributed by atoms with Crippen molar-refractivity contribution >= 4 is 11.6 Å². The first-order valence-electron chi connectivity index (χ1n) is 6.43. The molecule has 0 aliphatic carbocycles. The zero-order valence-corrected chi connectivity index (χ0v) is 12.2. The molecule has 0 amide bonds. The van der Waals surface area contributed by atoms with Crippen LogP contribution < -0.4 is 10.5 Å². The standard InChI is InChI=1S/C16H17ClFNO/c1-10-3-6-16(12(7-10)8-11(2)19)20-13-4-5-15(18)14(17)9-13/h3-7,9,11H,8,19H2,1-2H3. The maximum atomic E-state index is 13.1. The van der Waals surface area contributed by atoms with Crippen LogP contribution >= 0.6 is 11.6 Å². The Morgan fingerprint density at radius 3 is 2.65 bits per heavy atom. The van der Waals surface area contributed by atoms with Gasteiger partial charge in [-0.25, -0.2) is 4.39 Å². The highest BCUT2D eigenvalue weighted by Gasteiger charge is 2.09. The fourth-order valence-corrected chi connectivity index (χ4v) is 2.15. The number of halogens is 2. The fourth-order valence-electron chi connectivity index (χ4n) is 1.98. The lowest BCUT2D eigenvalue weighted by molar-refractivity contribution is 0.472. The summed E-state index contributed by atoms with van der Waals surface area (Å²) in [5.74, 6) is 0.764. The minimum absolute atomic E-state index is 0.0379. The molecule has 0 aliphatic heterocycles. The second kappa shape index (κ2) is 6.25. The Labute approximate surface area is 123 Å². The fraction of sp³-hybridized carbons (Fsp3) is 0.250. The maximum Gasteiger partial charge on any atom is 0.142 e. The SMILES string of the molecule is Cc1ccc(Oc2ccc(F)c(Cl)c2)c(CC(C)N)c1. The Bertz CT molecular complexity index is 613. The molecule has 0 heterocycles. The third-order valence-electron chi connectivity index (χ3n) is 2.88. The maximum absolute atomic E-state index is 13.1. The normalized spacial score (nSPS) is 12.2. The van der Waals surface area contributed by atoms with E-state index < -0.39 is 5.82 Å². The van der Waals surface area contributed by atoms with Crippen LogP contribution in [0.25, 0.3) is 0 Å². The summed E-state index contributed by atoms with van der Waals surface area (Å²) in [6.07, 6.45) is 0.714. The van der Waals surface area contributed by atoms with E-state index in [1.54, 1.807) is 6.07 Å². The van der Waals surface area contributed by atoms with Crippen molar-refractivity contribution in [2.45, 2.75) is 26.3 Å². The number of benzene rings is 2. The third kappa shape index (κ3) is 3.71. The van der Waals surface area contributed by atoms with Gasteiger partial charge in [0.25, 0.3) is 0 Å². The summed E-state index contributed by atoms with van der Waals surface area (Å²) in [5, 5.41) is 0.0448. The highest BCUT2D eigenvalue weighted by molar-refractivity contribution is 6.30. The van der Waals surface area contributed by atoms with Crippen molar-refractivity contribution < 1.29 is 9.13 Å². The number of rotatable bonds is 4. The molecule has 0 radical (unpaired) electrons. The molecule has 2 nitrogen and oxygen atoms in total.